The maximum Gasteiger partial charge on any atom is 0.0241 e. The summed E-state index contributed by atoms with van der Waals surface area (Å²) in [6.07, 6.45) is 0. The standard InChI is InChI=1S/C16H16S/c1-10-4-6-14-13-7-5-11(2)12(3)15(13)9-17-16(14)8-10/h4-8H,9H2,1-3H3. The van der Waals surface area contributed by atoms with Crippen molar-refractivity contribution in [1.29, 1.82) is 0 Å². The van der Waals surface area contributed by atoms with Gasteiger partial charge >= 0.3 is 0 Å². The summed E-state index contributed by atoms with van der Waals surface area (Å²) in [5, 5.41) is 0. The van der Waals surface area contributed by atoms with Crippen molar-refractivity contribution in [3.05, 3.63) is 52.6 Å². The van der Waals surface area contributed by atoms with E-state index in [1.807, 2.05) is 11.8 Å². The molecule has 0 nitrogen and oxygen atoms in total. The van der Waals surface area contributed by atoms with Gasteiger partial charge in [0, 0.05) is 10.6 Å². The molecule has 2 aromatic rings. The Hall–Kier alpha value is -1.21. The van der Waals surface area contributed by atoms with Gasteiger partial charge in [0.2, 0.25) is 0 Å². The van der Waals surface area contributed by atoms with E-state index in [1.165, 1.54) is 38.3 Å². The molecule has 1 heterocycles. The number of rotatable bonds is 0. The summed E-state index contributed by atoms with van der Waals surface area (Å²) < 4.78 is 0. The van der Waals surface area contributed by atoms with E-state index in [0.717, 1.165) is 5.75 Å². The topological polar surface area (TPSA) is 0 Å². The molecule has 2 aromatic carbocycles. The predicted octanol–water partition coefficient (Wildman–Crippen LogP) is 4.88. The molecule has 0 amide bonds. The highest BCUT2D eigenvalue weighted by atomic mass is 32.2. The van der Waals surface area contributed by atoms with Gasteiger partial charge in [-0.3, -0.25) is 0 Å². The Morgan fingerprint density at radius 1 is 0.941 bits per heavy atom. The summed E-state index contributed by atoms with van der Waals surface area (Å²) in [5.41, 5.74) is 8.57. The number of benzene rings is 2. The lowest BCUT2D eigenvalue weighted by molar-refractivity contribution is 1.21. The van der Waals surface area contributed by atoms with Crippen molar-refractivity contribution < 1.29 is 0 Å². The van der Waals surface area contributed by atoms with E-state index in [9.17, 15) is 0 Å². The van der Waals surface area contributed by atoms with Crippen molar-refractivity contribution in [2.75, 3.05) is 0 Å². The first kappa shape index (κ1) is 10.9. The normalized spacial score (nSPS) is 13.1. The predicted molar refractivity (Wildman–Crippen MR) is 75.7 cm³/mol. The van der Waals surface area contributed by atoms with Crippen LogP contribution in [0.3, 0.4) is 0 Å². The molecule has 0 radical (unpaired) electrons. The summed E-state index contributed by atoms with van der Waals surface area (Å²) in [6.45, 7) is 6.61. The van der Waals surface area contributed by atoms with Crippen LogP contribution in [-0.2, 0) is 5.75 Å². The zero-order chi connectivity index (χ0) is 12.0. The van der Waals surface area contributed by atoms with Crippen LogP contribution in [0.5, 0.6) is 0 Å². The average Bonchev–Trinajstić information content (AvgIpc) is 2.33. The van der Waals surface area contributed by atoms with Gasteiger partial charge in [0.05, 0.1) is 0 Å². The van der Waals surface area contributed by atoms with E-state index in [0.29, 0.717) is 0 Å². The van der Waals surface area contributed by atoms with Crippen LogP contribution in [0, 0.1) is 20.8 Å². The monoisotopic (exact) mass is 240 g/mol. The molecule has 0 atom stereocenters. The minimum Gasteiger partial charge on any atom is -0.121 e. The molecular weight excluding hydrogens is 224 g/mol. The molecule has 1 aliphatic rings. The third kappa shape index (κ3) is 1.69. The lowest BCUT2D eigenvalue weighted by Gasteiger charge is -2.22. The fraction of sp³-hybridized carbons (Fsp3) is 0.250. The van der Waals surface area contributed by atoms with E-state index < -0.39 is 0 Å². The third-order valence-corrected chi connectivity index (χ3v) is 4.75. The molecular formula is C16H16S. The molecule has 86 valence electrons. The van der Waals surface area contributed by atoms with Gasteiger partial charge in [0.15, 0.2) is 0 Å². The van der Waals surface area contributed by atoms with Gasteiger partial charge in [-0.1, -0.05) is 24.3 Å². The maximum absolute atomic E-state index is 2.30. The van der Waals surface area contributed by atoms with Crippen LogP contribution in [0.2, 0.25) is 0 Å². The molecule has 1 aliphatic heterocycles. The Balaban J connectivity index is 2.27. The van der Waals surface area contributed by atoms with Crippen molar-refractivity contribution in [2.45, 2.75) is 31.4 Å². The highest BCUT2D eigenvalue weighted by molar-refractivity contribution is 7.98. The SMILES string of the molecule is Cc1ccc2c(c1)SCc1c-2ccc(C)c1C. The highest BCUT2D eigenvalue weighted by Gasteiger charge is 2.18. The van der Waals surface area contributed by atoms with E-state index in [4.69, 9.17) is 0 Å². The first-order valence-electron chi connectivity index (χ1n) is 6.00. The van der Waals surface area contributed by atoms with Gasteiger partial charge in [-0.2, -0.15) is 0 Å². The molecule has 3 rings (SSSR count). The van der Waals surface area contributed by atoms with Gasteiger partial charge in [-0.15, -0.1) is 11.8 Å². The van der Waals surface area contributed by atoms with Gasteiger partial charge in [0.25, 0.3) is 0 Å². The van der Waals surface area contributed by atoms with Gasteiger partial charge in [-0.05, 0) is 60.2 Å². The molecule has 0 spiro atoms. The second kappa shape index (κ2) is 3.92. The van der Waals surface area contributed by atoms with Crippen LogP contribution >= 0.6 is 11.8 Å². The average molecular weight is 240 g/mol. The zero-order valence-corrected chi connectivity index (χ0v) is 11.3. The smallest absolute Gasteiger partial charge is 0.0241 e. The van der Waals surface area contributed by atoms with Gasteiger partial charge < -0.3 is 0 Å². The first-order chi connectivity index (χ1) is 8.16. The highest BCUT2D eigenvalue weighted by Crippen LogP contribution is 2.43. The third-order valence-electron chi connectivity index (χ3n) is 3.67. The number of hydrogen-bond acceptors (Lipinski definition) is 1. The zero-order valence-electron chi connectivity index (χ0n) is 10.5. The summed E-state index contributed by atoms with van der Waals surface area (Å²) in [7, 11) is 0. The minimum atomic E-state index is 1.11. The Morgan fingerprint density at radius 2 is 1.71 bits per heavy atom. The number of thioether (sulfide) groups is 1. The Kier molecular flexibility index (Phi) is 2.52. The molecule has 0 bridgehead atoms. The largest absolute Gasteiger partial charge is 0.121 e. The summed E-state index contributed by atoms with van der Waals surface area (Å²) in [4.78, 5) is 1.43. The van der Waals surface area contributed by atoms with Crippen LogP contribution in [0.15, 0.2) is 35.2 Å². The number of aryl methyl sites for hydroxylation is 2. The van der Waals surface area contributed by atoms with E-state index >= 15 is 0 Å². The lowest BCUT2D eigenvalue weighted by Crippen LogP contribution is -2.00. The lowest BCUT2D eigenvalue weighted by atomic mass is 9.93. The second-order valence-electron chi connectivity index (χ2n) is 4.82. The van der Waals surface area contributed by atoms with Gasteiger partial charge in [0.1, 0.15) is 0 Å². The molecule has 0 aromatic heterocycles. The fourth-order valence-electron chi connectivity index (χ4n) is 2.43. The van der Waals surface area contributed by atoms with Crippen molar-refractivity contribution in [3.63, 3.8) is 0 Å². The van der Waals surface area contributed by atoms with Crippen molar-refractivity contribution in [3.8, 4) is 11.1 Å². The van der Waals surface area contributed by atoms with Crippen LogP contribution in [-0.4, -0.2) is 0 Å². The maximum atomic E-state index is 2.30. The summed E-state index contributed by atoms with van der Waals surface area (Å²) in [5.74, 6) is 1.11. The molecule has 17 heavy (non-hydrogen) atoms. The van der Waals surface area contributed by atoms with Crippen LogP contribution in [0.25, 0.3) is 11.1 Å². The summed E-state index contributed by atoms with van der Waals surface area (Å²) in [6, 6.07) is 11.3. The molecule has 0 unspecified atom stereocenters. The van der Waals surface area contributed by atoms with Crippen molar-refractivity contribution >= 4 is 11.8 Å². The molecule has 0 fully saturated rings. The molecule has 0 aliphatic carbocycles. The number of hydrogen-bond donors (Lipinski definition) is 0. The first-order valence-corrected chi connectivity index (χ1v) is 6.98. The van der Waals surface area contributed by atoms with E-state index in [2.05, 4.69) is 51.1 Å². The Morgan fingerprint density at radius 3 is 2.53 bits per heavy atom. The van der Waals surface area contributed by atoms with E-state index in [-0.39, 0.29) is 0 Å². The molecule has 0 saturated heterocycles. The molecule has 1 heteroatoms. The molecule has 0 N–H and O–H groups in total. The van der Waals surface area contributed by atoms with Gasteiger partial charge in [-0.25, -0.2) is 0 Å². The number of fused-ring (bicyclic) bond motifs is 3. The second-order valence-corrected chi connectivity index (χ2v) is 5.84. The van der Waals surface area contributed by atoms with Crippen molar-refractivity contribution in [2.24, 2.45) is 0 Å². The van der Waals surface area contributed by atoms with Crippen molar-refractivity contribution in [1.82, 2.24) is 0 Å². The van der Waals surface area contributed by atoms with Crippen LogP contribution < -0.4 is 0 Å². The van der Waals surface area contributed by atoms with E-state index in [1.54, 1.807) is 0 Å². The minimum absolute atomic E-state index is 1.11. The van der Waals surface area contributed by atoms with Crippen LogP contribution in [0.4, 0.5) is 0 Å². The summed E-state index contributed by atoms with van der Waals surface area (Å²) >= 11 is 1.97. The Labute approximate surface area is 107 Å². The van der Waals surface area contributed by atoms with Crippen LogP contribution in [0.1, 0.15) is 22.3 Å². The fourth-order valence-corrected chi connectivity index (χ4v) is 3.71. The quantitative estimate of drug-likeness (QED) is 0.632. The molecule has 0 saturated carbocycles. The Bertz CT molecular complexity index is 597.